The second kappa shape index (κ2) is 10.4. The van der Waals surface area contributed by atoms with Crippen LogP contribution < -0.4 is 10.6 Å². The Kier molecular flexibility index (Phi) is 7.11. The molecule has 168 valence electrons. The number of thiophene rings is 1. The summed E-state index contributed by atoms with van der Waals surface area (Å²) >= 11 is 6.90. The zero-order valence-electron chi connectivity index (χ0n) is 18.2. The molecule has 0 saturated heterocycles. The summed E-state index contributed by atoms with van der Waals surface area (Å²) in [4.78, 5) is 17.6. The van der Waals surface area contributed by atoms with Crippen LogP contribution in [0.2, 0.25) is 0 Å². The van der Waals surface area contributed by atoms with E-state index in [9.17, 15) is 4.79 Å². The van der Waals surface area contributed by atoms with Crippen molar-refractivity contribution in [1.29, 1.82) is 0 Å². The summed E-state index contributed by atoms with van der Waals surface area (Å²) in [6, 6.07) is 20.1. The molecule has 0 unspecified atom stereocenters. The van der Waals surface area contributed by atoms with Crippen LogP contribution in [-0.2, 0) is 17.7 Å². The van der Waals surface area contributed by atoms with Crippen molar-refractivity contribution in [2.75, 3.05) is 17.7 Å². The molecule has 4 aromatic rings. The smallest absolute Gasteiger partial charge is 0.340 e. The van der Waals surface area contributed by atoms with Crippen molar-refractivity contribution in [2.24, 2.45) is 0 Å². The fourth-order valence-electron chi connectivity index (χ4n) is 3.34. The molecule has 0 aliphatic heterocycles. The lowest BCUT2D eigenvalue weighted by molar-refractivity contribution is 0.0602. The Labute approximate surface area is 201 Å². The number of nitrogens with one attached hydrogen (secondary N) is 2. The molecule has 0 amide bonds. The van der Waals surface area contributed by atoms with Gasteiger partial charge in [-0.2, -0.15) is 0 Å². The Balaban J connectivity index is 1.43. The Morgan fingerprint density at radius 2 is 1.88 bits per heavy atom. The third-order valence-corrected chi connectivity index (χ3v) is 6.08. The highest BCUT2D eigenvalue weighted by Gasteiger charge is 2.18. The molecule has 2 N–H and O–H groups in total. The number of anilines is 2. The number of thiocarbonyl (C=S) groups is 1. The number of benzene rings is 2. The van der Waals surface area contributed by atoms with E-state index < -0.39 is 5.97 Å². The number of carbonyl (C=O) groups excluding carboxylic acids is 1. The summed E-state index contributed by atoms with van der Waals surface area (Å²) in [6.45, 7) is 2.66. The van der Waals surface area contributed by atoms with Gasteiger partial charge in [-0.05, 0) is 36.3 Å². The molecule has 7 nitrogen and oxygen atoms in total. The Hall–Kier alpha value is -3.56. The van der Waals surface area contributed by atoms with Gasteiger partial charge in [0.15, 0.2) is 5.11 Å². The number of esters is 1. The maximum atomic E-state index is 12.3. The van der Waals surface area contributed by atoms with Crippen LogP contribution in [-0.4, -0.2) is 33.0 Å². The van der Waals surface area contributed by atoms with Gasteiger partial charge in [0.05, 0.1) is 19.2 Å². The van der Waals surface area contributed by atoms with Gasteiger partial charge in [0.2, 0.25) is 5.95 Å². The summed E-state index contributed by atoms with van der Waals surface area (Å²) in [6.07, 6.45) is 2.36. The van der Waals surface area contributed by atoms with Gasteiger partial charge >= 0.3 is 5.97 Å². The molecule has 0 aliphatic rings. The number of carbonyl (C=O) groups is 1. The molecule has 2 aromatic heterocycles. The molecule has 4 rings (SSSR count). The lowest BCUT2D eigenvalue weighted by Crippen LogP contribution is -2.20. The van der Waals surface area contributed by atoms with Gasteiger partial charge in [0.1, 0.15) is 11.3 Å². The van der Waals surface area contributed by atoms with Gasteiger partial charge in [0.25, 0.3) is 0 Å². The van der Waals surface area contributed by atoms with Gasteiger partial charge in [-0.1, -0.05) is 60.2 Å². The van der Waals surface area contributed by atoms with Crippen LogP contribution >= 0.6 is 23.6 Å². The maximum absolute atomic E-state index is 12.3. The molecule has 0 bridgehead atoms. The van der Waals surface area contributed by atoms with Crippen LogP contribution in [0, 0.1) is 6.92 Å². The van der Waals surface area contributed by atoms with Crippen molar-refractivity contribution < 1.29 is 9.53 Å². The molecule has 2 heterocycles. The molecule has 0 spiro atoms. The molecule has 0 atom stereocenters. The van der Waals surface area contributed by atoms with Crippen LogP contribution in [0.15, 0.2) is 67.0 Å². The maximum Gasteiger partial charge on any atom is 0.340 e. The van der Waals surface area contributed by atoms with E-state index >= 15 is 0 Å². The van der Waals surface area contributed by atoms with E-state index in [1.165, 1.54) is 24.0 Å². The zero-order valence-corrected chi connectivity index (χ0v) is 19.9. The van der Waals surface area contributed by atoms with Crippen molar-refractivity contribution in [1.82, 2.24) is 14.8 Å². The second-order valence-corrected chi connectivity index (χ2v) is 8.99. The molecule has 2 aromatic carbocycles. The summed E-state index contributed by atoms with van der Waals surface area (Å²) in [5.41, 5.74) is 3.93. The number of aryl methyl sites for hydroxylation is 1. The molecule has 9 heteroatoms. The lowest BCUT2D eigenvalue weighted by Gasteiger charge is -2.07. The third-order valence-electron chi connectivity index (χ3n) is 4.83. The van der Waals surface area contributed by atoms with Crippen LogP contribution in [0.1, 0.15) is 31.9 Å². The van der Waals surface area contributed by atoms with E-state index in [4.69, 9.17) is 17.0 Å². The fraction of sp³-hybridized carbons (Fsp3) is 0.167. The topological polar surface area (TPSA) is 81.1 Å². The number of methoxy groups -OCH3 is 1. The van der Waals surface area contributed by atoms with Crippen molar-refractivity contribution >= 4 is 45.6 Å². The van der Waals surface area contributed by atoms with E-state index in [-0.39, 0.29) is 0 Å². The molecule has 0 radical (unpaired) electrons. The van der Waals surface area contributed by atoms with E-state index in [0.29, 0.717) is 34.6 Å². The summed E-state index contributed by atoms with van der Waals surface area (Å²) in [7, 11) is 1.36. The normalized spacial score (nSPS) is 10.6. The first-order valence-corrected chi connectivity index (χ1v) is 11.5. The Bertz CT molecular complexity index is 1270. The number of nitrogens with zero attached hydrogens (tertiary/aromatic N) is 3. The highest BCUT2D eigenvalue weighted by molar-refractivity contribution is 7.80. The third kappa shape index (κ3) is 6.03. The SMILES string of the molecule is COC(=O)c1cc(Cc2ccccc2)sc1NC(=S)Nc1ncn(Cc2cccc(C)c2)n1. The first-order chi connectivity index (χ1) is 16.0. The van der Waals surface area contributed by atoms with Gasteiger partial charge in [-0.25, -0.2) is 14.5 Å². The monoisotopic (exact) mass is 477 g/mol. The average molecular weight is 478 g/mol. The first-order valence-electron chi connectivity index (χ1n) is 10.3. The van der Waals surface area contributed by atoms with Crippen LogP contribution in [0.5, 0.6) is 0 Å². The average Bonchev–Trinajstić information content (AvgIpc) is 3.40. The van der Waals surface area contributed by atoms with E-state index in [1.54, 1.807) is 11.0 Å². The number of hydrogen-bond acceptors (Lipinski definition) is 6. The van der Waals surface area contributed by atoms with Crippen molar-refractivity contribution in [3.05, 3.63) is 94.1 Å². The quantitative estimate of drug-likeness (QED) is 0.290. The van der Waals surface area contributed by atoms with Crippen LogP contribution in [0.3, 0.4) is 0 Å². The highest BCUT2D eigenvalue weighted by atomic mass is 32.1. The van der Waals surface area contributed by atoms with Crippen LogP contribution in [0.25, 0.3) is 0 Å². The van der Waals surface area contributed by atoms with Gasteiger partial charge < -0.3 is 10.1 Å². The molecule has 0 fully saturated rings. The van der Waals surface area contributed by atoms with Gasteiger partial charge in [0, 0.05) is 11.3 Å². The predicted octanol–water partition coefficient (Wildman–Crippen LogP) is 4.88. The number of hydrogen-bond donors (Lipinski definition) is 2. The predicted molar refractivity (Wildman–Crippen MR) is 135 cm³/mol. The molecular weight excluding hydrogens is 454 g/mol. The minimum atomic E-state index is -0.420. The summed E-state index contributed by atoms with van der Waals surface area (Å²) in [5, 5.41) is 11.4. The van der Waals surface area contributed by atoms with Crippen molar-refractivity contribution in [3.63, 3.8) is 0 Å². The molecule has 0 aliphatic carbocycles. The number of rotatable bonds is 7. The second-order valence-electron chi connectivity index (χ2n) is 7.44. The highest BCUT2D eigenvalue weighted by Crippen LogP contribution is 2.30. The van der Waals surface area contributed by atoms with Crippen molar-refractivity contribution in [3.8, 4) is 0 Å². The van der Waals surface area contributed by atoms with E-state index in [0.717, 1.165) is 16.0 Å². The number of ether oxygens (including phenoxy) is 1. The van der Waals surface area contributed by atoms with Crippen molar-refractivity contribution in [2.45, 2.75) is 19.9 Å². The van der Waals surface area contributed by atoms with Gasteiger partial charge in [-0.15, -0.1) is 16.4 Å². The molecular formula is C24H23N5O2S2. The minimum absolute atomic E-state index is 0.293. The summed E-state index contributed by atoms with van der Waals surface area (Å²) in [5.74, 6) is -0.0442. The lowest BCUT2D eigenvalue weighted by atomic mass is 10.1. The van der Waals surface area contributed by atoms with Crippen LogP contribution in [0.4, 0.5) is 10.9 Å². The fourth-order valence-corrected chi connectivity index (χ4v) is 4.68. The molecule has 0 saturated carbocycles. The Morgan fingerprint density at radius 1 is 1.09 bits per heavy atom. The molecule has 33 heavy (non-hydrogen) atoms. The Morgan fingerprint density at radius 3 is 2.64 bits per heavy atom. The van der Waals surface area contributed by atoms with E-state index in [2.05, 4.69) is 51.9 Å². The van der Waals surface area contributed by atoms with Gasteiger partial charge in [-0.3, -0.25) is 5.32 Å². The summed E-state index contributed by atoms with van der Waals surface area (Å²) < 4.78 is 6.68. The largest absolute Gasteiger partial charge is 0.465 e. The first kappa shape index (κ1) is 22.6. The minimum Gasteiger partial charge on any atom is -0.465 e. The standard InChI is InChI=1S/C24H23N5O2S2/c1-16-7-6-10-18(11-16)14-29-15-25-23(28-29)27-24(32)26-21-20(22(30)31-2)13-19(33-21)12-17-8-4-3-5-9-17/h3-11,13,15H,12,14H2,1-2H3,(H2,26,27,28,32). The zero-order chi connectivity index (χ0) is 23.2. The van der Waals surface area contributed by atoms with E-state index in [1.807, 2.05) is 36.4 Å². The number of aromatic nitrogens is 3.